The zero-order valence-corrected chi connectivity index (χ0v) is 12.7. The van der Waals surface area contributed by atoms with Gasteiger partial charge in [0.25, 0.3) is 5.91 Å². The van der Waals surface area contributed by atoms with E-state index < -0.39 is 0 Å². The maximum atomic E-state index is 11.6. The Morgan fingerprint density at radius 3 is 2.63 bits per heavy atom. The van der Waals surface area contributed by atoms with Gasteiger partial charge in [0, 0.05) is 13.1 Å². The first-order valence-electron chi connectivity index (χ1n) is 6.79. The molecule has 4 N–H and O–H groups in total. The number of nitrogen functional groups attached to an aromatic ring is 1. The highest BCUT2D eigenvalue weighted by Crippen LogP contribution is 2.37. The molecule has 1 aliphatic rings. The number of nitrogens with two attached hydrogens (primary N) is 1. The van der Waals surface area contributed by atoms with Crippen LogP contribution in [0.4, 0.5) is 10.7 Å². The van der Waals surface area contributed by atoms with E-state index in [1.807, 2.05) is 6.07 Å². The van der Waals surface area contributed by atoms with Gasteiger partial charge in [0.15, 0.2) is 0 Å². The minimum Gasteiger partial charge on any atom is -0.397 e. The number of hydrogen-bond acceptors (Lipinski definition) is 4. The molecule has 0 aliphatic heterocycles. The highest BCUT2D eigenvalue weighted by molar-refractivity contribution is 7.18. The zero-order chi connectivity index (χ0) is 14.0. The number of amides is 1. The number of carbonyl (C=O) groups is 1. The van der Waals surface area contributed by atoms with Crippen LogP contribution in [0.25, 0.3) is 0 Å². The van der Waals surface area contributed by atoms with Gasteiger partial charge in [-0.1, -0.05) is 13.8 Å². The Labute approximate surface area is 118 Å². The monoisotopic (exact) mass is 281 g/mol. The van der Waals surface area contributed by atoms with Crippen LogP contribution in [-0.2, 0) is 0 Å². The third-order valence-corrected chi connectivity index (χ3v) is 4.96. The van der Waals surface area contributed by atoms with Crippen molar-refractivity contribution in [1.82, 2.24) is 5.32 Å². The van der Waals surface area contributed by atoms with E-state index in [0.717, 1.165) is 5.00 Å². The van der Waals surface area contributed by atoms with Crippen LogP contribution in [0.5, 0.6) is 0 Å². The second-order valence-electron chi connectivity index (χ2n) is 6.06. The van der Waals surface area contributed by atoms with E-state index >= 15 is 0 Å². The zero-order valence-electron chi connectivity index (χ0n) is 11.9. The molecule has 0 unspecified atom stereocenters. The Morgan fingerprint density at radius 2 is 2.05 bits per heavy atom. The number of hydrogen-bond donors (Lipinski definition) is 3. The van der Waals surface area contributed by atoms with Crippen LogP contribution in [0.3, 0.4) is 0 Å². The van der Waals surface area contributed by atoms with Crippen molar-refractivity contribution in [2.75, 3.05) is 18.1 Å². The topological polar surface area (TPSA) is 67.2 Å². The smallest absolute Gasteiger partial charge is 0.263 e. The fourth-order valence-electron chi connectivity index (χ4n) is 2.51. The Kier molecular flexibility index (Phi) is 4.04. The van der Waals surface area contributed by atoms with Crippen LogP contribution in [-0.4, -0.2) is 19.0 Å². The molecule has 0 aromatic carbocycles. The van der Waals surface area contributed by atoms with Crippen molar-refractivity contribution < 1.29 is 4.79 Å². The fourth-order valence-corrected chi connectivity index (χ4v) is 3.51. The molecule has 1 fully saturated rings. The van der Waals surface area contributed by atoms with Crippen molar-refractivity contribution in [3.8, 4) is 0 Å². The predicted molar refractivity (Wildman–Crippen MR) is 81.8 cm³/mol. The summed E-state index contributed by atoms with van der Waals surface area (Å²) in [6.07, 6.45) is 4.85. The highest BCUT2D eigenvalue weighted by atomic mass is 32.1. The molecule has 0 spiro atoms. The van der Waals surface area contributed by atoms with Crippen molar-refractivity contribution in [3.05, 3.63) is 10.9 Å². The molecule has 2 rings (SSSR count). The highest BCUT2D eigenvalue weighted by Gasteiger charge is 2.27. The molecule has 1 aromatic heterocycles. The molecule has 4 nitrogen and oxygen atoms in total. The minimum absolute atomic E-state index is 0.111. The molecule has 1 amide bonds. The van der Waals surface area contributed by atoms with Gasteiger partial charge in [0.2, 0.25) is 0 Å². The van der Waals surface area contributed by atoms with E-state index in [1.54, 1.807) is 7.05 Å². The molecular formula is C14H23N3OS. The maximum absolute atomic E-state index is 11.6. The SMILES string of the molecule is CNC(=O)c1sc(NC2CCC(C)(C)CC2)cc1N. The van der Waals surface area contributed by atoms with Crippen LogP contribution < -0.4 is 16.4 Å². The standard InChI is InChI=1S/C14H23N3OS/c1-14(2)6-4-9(5-7-14)17-11-8-10(15)12(19-11)13(18)16-3/h8-9,17H,4-7,15H2,1-3H3,(H,16,18). The summed E-state index contributed by atoms with van der Waals surface area (Å²) in [7, 11) is 1.62. The molecule has 1 heterocycles. The molecule has 19 heavy (non-hydrogen) atoms. The lowest BCUT2D eigenvalue weighted by Crippen LogP contribution is -2.29. The number of nitrogens with one attached hydrogen (secondary N) is 2. The Morgan fingerprint density at radius 1 is 1.42 bits per heavy atom. The Hall–Kier alpha value is -1.23. The normalized spacial score (nSPS) is 19.1. The molecule has 0 atom stereocenters. The van der Waals surface area contributed by atoms with Crippen molar-refractivity contribution in [1.29, 1.82) is 0 Å². The summed E-state index contributed by atoms with van der Waals surface area (Å²) in [6, 6.07) is 2.37. The Bertz CT molecular complexity index is 457. The fraction of sp³-hybridized carbons (Fsp3) is 0.643. The lowest BCUT2D eigenvalue weighted by atomic mass is 9.76. The van der Waals surface area contributed by atoms with Gasteiger partial charge in [0.1, 0.15) is 4.88 Å². The van der Waals surface area contributed by atoms with Crippen LogP contribution >= 0.6 is 11.3 Å². The van der Waals surface area contributed by atoms with Crippen molar-refractivity contribution in [2.45, 2.75) is 45.6 Å². The van der Waals surface area contributed by atoms with E-state index in [1.165, 1.54) is 37.0 Å². The lowest BCUT2D eigenvalue weighted by Gasteiger charge is -2.34. The van der Waals surface area contributed by atoms with Crippen molar-refractivity contribution in [3.63, 3.8) is 0 Å². The second-order valence-corrected chi connectivity index (χ2v) is 7.11. The average molecular weight is 281 g/mol. The number of rotatable bonds is 3. The first kappa shape index (κ1) is 14.2. The number of anilines is 2. The molecule has 106 valence electrons. The van der Waals surface area contributed by atoms with Crippen LogP contribution in [0.2, 0.25) is 0 Å². The van der Waals surface area contributed by atoms with E-state index in [2.05, 4.69) is 24.5 Å². The molecule has 1 aromatic rings. The average Bonchev–Trinajstić information content (AvgIpc) is 2.72. The van der Waals surface area contributed by atoms with Crippen molar-refractivity contribution in [2.24, 2.45) is 5.41 Å². The summed E-state index contributed by atoms with van der Waals surface area (Å²) in [6.45, 7) is 4.66. The van der Waals surface area contributed by atoms with Gasteiger partial charge >= 0.3 is 0 Å². The summed E-state index contributed by atoms with van der Waals surface area (Å²) < 4.78 is 0. The van der Waals surface area contributed by atoms with E-state index in [0.29, 0.717) is 22.0 Å². The van der Waals surface area contributed by atoms with Gasteiger partial charge in [-0.2, -0.15) is 0 Å². The summed E-state index contributed by atoms with van der Waals surface area (Å²) in [4.78, 5) is 12.2. The summed E-state index contributed by atoms with van der Waals surface area (Å²) in [5.41, 5.74) is 6.91. The molecule has 1 aliphatic carbocycles. The van der Waals surface area contributed by atoms with Gasteiger partial charge in [-0.3, -0.25) is 4.79 Å². The van der Waals surface area contributed by atoms with Crippen LogP contribution in [0.15, 0.2) is 6.07 Å². The minimum atomic E-state index is -0.111. The summed E-state index contributed by atoms with van der Waals surface area (Å²) in [5.74, 6) is -0.111. The van der Waals surface area contributed by atoms with Gasteiger partial charge in [-0.25, -0.2) is 0 Å². The molecule has 0 radical (unpaired) electrons. The molecule has 5 heteroatoms. The second kappa shape index (κ2) is 5.41. The molecular weight excluding hydrogens is 258 g/mol. The lowest BCUT2D eigenvalue weighted by molar-refractivity contribution is 0.0968. The predicted octanol–water partition coefficient (Wildman–Crippen LogP) is 3.07. The van der Waals surface area contributed by atoms with E-state index in [9.17, 15) is 4.79 Å². The van der Waals surface area contributed by atoms with Gasteiger partial charge in [0.05, 0.1) is 10.7 Å². The van der Waals surface area contributed by atoms with E-state index in [4.69, 9.17) is 5.73 Å². The molecule has 0 bridgehead atoms. The third kappa shape index (κ3) is 3.41. The number of thiophene rings is 1. The third-order valence-electron chi connectivity index (χ3n) is 3.88. The summed E-state index contributed by atoms with van der Waals surface area (Å²) >= 11 is 1.44. The van der Waals surface area contributed by atoms with Gasteiger partial charge in [-0.05, 0) is 37.2 Å². The molecule has 0 saturated heterocycles. The number of carbonyl (C=O) groups excluding carboxylic acids is 1. The van der Waals surface area contributed by atoms with E-state index in [-0.39, 0.29) is 5.91 Å². The van der Waals surface area contributed by atoms with Gasteiger partial charge < -0.3 is 16.4 Å². The first-order valence-corrected chi connectivity index (χ1v) is 7.61. The Balaban J connectivity index is 1.99. The molecule has 1 saturated carbocycles. The maximum Gasteiger partial charge on any atom is 0.263 e. The van der Waals surface area contributed by atoms with Crippen LogP contribution in [0, 0.1) is 5.41 Å². The largest absolute Gasteiger partial charge is 0.397 e. The van der Waals surface area contributed by atoms with Gasteiger partial charge in [-0.15, -0.1) is 11.3 Å². The summed E-state index contributed by atoms with van der Waals surface area (Å²) in [5, 5.41) is 7.13. The quantitative estimate of drug-likeness (QED) is 0.797. The van der Waals surface area contributed by atoms with Crippen molar-refractivity contribution >= 4 is 27.9 Å². The van der Waals surface area contributed by atoms with Crippen LogP contribution in [0.1, 0.15) is 49.2 Å². The first-order chi connectivity index (χ1) is 8.91.